The van der Waals surface area contributed by atoms with E-state index in [9.17, 15) is 24.2 Å². The largest absolute Gasteiger partial charge is 0.481 e. The maximum atomic E-state index is 14.6. The number of carbonyl (C=O) groups excluding carboxylic acids is 1. The molecule has 1 aromatic heterocycles. The second-order valence-corrected chi connectivity index (χ2v) is 10.3. The highest BCUT2D eigenvalue weighted by atomic mass is 19.1. The van der Waals surface area contributed by atoms with Gasteiger partial charge in [-0.15, -0.1) is 0 Å². The summed E-state index contributed by atoms with van der Waals surface area (Å²) in [4.78, 5) is 24.6. The van der Waals surface area contributed by atoms with E-state index in [1.54, 1.807) is 37.3 Å². The van der Waals surface area contributed by atoms with E-state index in [1.807, 2.05) is 26.8 Å². The highest BCUT2D eigenvalue weighted by Gasteiger charge is 2.36. The molecule has 0 aliphatic carbocycles. The molecular weight excluding hydrogens is 491 g/mol. The molecule has 9 nitrogen and oxygen atoms in total. The molecule has 38 heavy (non-hydrogen) atoms. The fourth-order valence-electron chi connectivity index (χ4n) is 3.45. The first kappa shape index (κ1) is 28.3. The van der Waals surface area contributed by atoms with Crippen LogP contribution in [0.25, 0.3) is 5.69 Å². The highest BCUT2D eigenvalue weighted by Crippen LogP contribution is 2.31. The summed E-state index contributed by atoms with van der Waals surface area (Å²) in [6, 6.07) is 15.0. The van der Waals surface area contributed by atoms with Crippen molar-refractivity contribution < 1.29 is 28.9 Å². The van der Waals surface area contributed by atoms with Crippen molar-refractivity contribution in [3.63, 3.8) is 0 Å². The summed E-state index contributed by atoms with van der Waals surface area (Å²) in [5.74, 6) is -2.34. The molecule has 2 aromatic carbocycles. The predicted molar refractivity (Wildman–Crippen MR) is 137 cm³/mol. The molecule has 0 spiro atoms. The molecule has 0 aliphatic heterocycles. The zero-order valence-electron chi connectivity index (χ0n) is 21.7. The topological polar surface area (TPSA) is 137 Å². The number of aliphatic carboxylic acids is 1. The van der Waals surface area contributed by atoms with Crippen molar-refractivity contribution in [1.29, 1.82) is 5.26 Å². The molecule has 10 heteroatoms. The minimum absolute atomic E-state index is 0.0339. The molecule has 0 saturated carbocycles. The molecule has 0 fully saturated rings. The lowest BCUT2D eigenvalue weighted by atomic mass is 9.78. The lowest BCUT2D eigenvalue weighted by Gasteiger charge is -2.36. The molecule has 200 valence electrons. The molecule has 2 atom stereocenters. The fraction of sp³-hybridized carbons (Fsp3) is 0.357. The Morgan fingerprint density at radius 1 is 1.16 bits per heavy atom. The van der Waals surface area contributed by atoms with Gasteiger partial charge in [0, 0.05) is 12.1 Å². The van der Waals surface area contributed by atoms with Gasteiger partial charge >= 0.3 is 5.97 Å². The number of hydrogen-bond donors (Lipinski definition) is 3. The maximum absolute atomic E-state index is 14.6. The van der Waals surface area contributed by atoms with Crippen molar-refractivity contribution in [3.8, 4) is 17.6 Å². The minimum atomic E-state index is -1.26. The molecule has 0 saturated heterocycles. The van der Waals surface area contributed by atoms with Crippen molar-refractivity contribution in [2.24, 2.45) is 5.41 Å². The predicted octanol–water partition coefficient (Wildman–Crippen LogP) is 3.87. The number of halogens is 1. The molecule has 1 heterocycles. The van der Waals surface area contributed by atoms with Gasteiger partial charge in [0.05, 0.1) is 18.1 Å². The van der Waals surface area contributed by atoms with Gasteiger partial charge in [-0.2, -0.15) is 15.0 Å². The maximum Gasteiger partial charge on any atom is 0.305 e. The number of para-hydroxylation sites is 1. The van der Waals surface area contributed by atoms with Crippen LogP contribution in [0.3, 0.4) is 0 Å². The first-order chi connectivity index (χ1) is 17.8. The second-order valence-electron chi connectivity index (χ2n) is 10.3. The Morgan fingerprint density at radius 3 is 2.39 bits per heavy atom. The summed E-state index contributed by atoms with van der Waals surface area (Å²) in [7, 11) is 0. The van der Waals surface area contributed by atoms with Crippen LogP contribution >= 0.6 is 0 Å². The molecule has 3 aromatic rings. The van der Waals surface area contributed by atoms with Gasteiger partial charge in [-0.3, -0.25) is 9.59 Å². The number of carbonyl (C=O) groups is 2. The molecular formula is C28H31FN4O5. The minimum Gasteiger partial charge on any atom is -0.481 e. The number of nitrogens with one attached hydrogen (secondary N) is 1. The number of carboxylic acid groups (broad SMARTS) is 1. The van der Waals surface area contributed by atoms with Crippen LogP contribution in [-0.4, -0.2) is 50.1 Å². The van der Waals surface area contributed by atoms with E-state index in [-0.39, 0.29) is 36.7 Å². The Labute approximate surface area is 220 Å². The summed E-state index contributed by atoms with van der Waals surface area (Å²) < 4.78 is 21.6. The van der Waals surface area contributed by atoms with Gasteiger partial charge < -0.3 is 20.3 Å². The third-order valence-electron chi connectivity index (χ3n) is 6.43. The zero-order valence-corrected chi connectivity index (χ0v) is 21.7. The number of nitrogens with zero attached hydrogens (tertiary/aromatic N) is 3. The van der Waals surface area contributed by atoms with Crippen molar-refractivity contribution in [2.45, 2.75) is 52.2 Å². The summed E-state index contributed by atoms with van der Waals surface area (Å²) in [5.41, 5.74) is -0.672. The average molecular weight is 523 g/mol. The molecule has 3 N–H and O–H groups in total. The number of nitriles is 1. The van der Waals surface area contributed by atoms with Gasteiger partial charge in [0.15, 0.2) is 5.69 Å². The third kappa shape index (κ3) is 6.95. The summed E-state index contributed by atoms with van der Waals surface area (Å²) in [6.07, 6.45) is -0.146. The van der Waals surface area contributed by atoms with Crippen molar-refractivity contribution in [1.82, 2.24) is 15.1 Å². The highest BCUT2D eigenvalue weighted by molar-refractivity contribution is 5.93. The first-order valence-electron chi connectivity index (χ1n) is 12.0. The molecule has 1 amide bonds. The molecule has 0 radical (unpaired) electrons. The van der Waals surface area contributed by atoms with E-state index >= 15 is 0 Å². The van der Waals surface area contributed by atoms with E-state index in [0.717, 1.165) is 10.2 Å². The zero-order chi connectivity index (χ0) is 28.1. The Kier molecular flexibility index (Phi) is 8.53. The van der Waals surface area contributed by atoms with Crippen LogP contribution in [0.1, 0.15) is 55.7 Å². The smallest absolute Gasteiger partial charge is 0.305 e. The number of hydrogen-bond acceptors (Lipinski definition) is 6. The molecule has 0 aliphatic rings. The quantitative estimate of drug-likeness (QED) is 0.367. The van der Waals surface area contributed by atoms with Crippen LogP contribution in [0.2, 0.25) is 0 Å². The first-order valence-corrected chi connectivity index (χ1v) is 12.0. The number of aromatic nitrogens is 2. The van der Waals surface area contributed by atoms with Gasteiger partial charge in [0.1, 0.15) is 23.7 Å². The Morgan fingerprint density at radius 2 is 1.82 bits per heavy atom. The van der Waals surface area contributed by atoms with Crippen LogP contribution < -0.4 is 10.1 Å². The molecule has 0 bridgehead atoms. The van der Waals surface area contributed by atoms with Crippen LogP contribution in [-0.2, 0) is 11.2 Å². The SMILES string of the molecule is CC(C)(C)[C@@](C)(O)COc1cc(C(=O)N[C@H](CC(=O)O)Cc2ccc(C#N)cc2)nn1-c1ccccc1F. The summed E-state index contributed by atoms with van der Waals surface area (Å²) in [5, 5.41) is 36.1. The average Bonchev–Trinajstić information content (AvgIpc) is 3.27. The number of ether oxygens (including phenoxy) is 1. The van der Waals surface area contributed by atoms with Gasteiger partial charge in [0.2, 0.25) is 5.88 Å². The normalized spacial score (nSPS) is 13.7. The Bertz CT molecular complexity index is 1340. The number of aliphatic hydroxyl groups is 1. The van der Waals surface area contributed by atoms with Crippen molar-refractivity contribution >= 4 is 11.9 Å². The van der Waals surface area contributed by atoms with E-state index in [2.05, 4.69) is 10.4 Å². The third-order valence-corrected chi connectivity index (χ3v) is 6.43. The molecule has 3 rings (SSSR count). The van der Waals surface area contributed by atoms with Crippen molar-refractivity contribution in [2.75, 3.05) is 6.61 Å². The van der Waals surface area contributed by atoms with E-state index in [4.69, 9.17) is 10.00 Å². The van der Waals surface area contributed by atoms with Gasteiger partial charge in [-0.1, -0.05) is 45.0 Å². The van der Waals surface area contributed by atoms with Crippen LogP contribution in [0, 0.1) is 22.6 Å². The van der Waals surface area contributed by atoms with E-state index < -0.39 is 34.8 Å². The van der Waals surface area contributed by atoms with Gasteiger partial charge in [-0.05, 0) is 48.6 Å². The lowest BCUT2D eigenvalue weighted by Crippen LogP contribution is -2.45. The van der Waals surface area contributed by atoms with Gasteiger partial charge in [0.25, 0.3) is 5.91 Å². The van der Waals surface area contributed by atoms with Gasteiger partial charge in [-0.25, -0.2) is 4.39 Å². The van der Waals surface area contributed by atoms with Crippen LogP contribution in [0.4, 0.5) is 4.39 Å². The lowest BCUT2D eigenvalue weighted by molar-refractivity contribution is -0.137. The monoisotopic (exact) mass is 522 g/mol. The second kappa shape index (κ2) is 11.4. The summed E-state index contributed by atoms with van der Waals surface area (Å²) in [6.45, 7) is 7.00. The molecule has 0 unspecified atom stereocenters. The number of amides is 1. The fourth-order valence-corrected chi connectivity index (χ4v) is 3.45. The van der Waals surface area contributed by atoms with Crippen LogP contribution in [0.15, 0.2) is 54.6 Å². The number of rotatable bonds is 10. The Hall–Kier alpha value is -4.23. The van der Waals surface area contributed by atoms with Crippen LogP contribution in [0.5, 0.6) is 5.88 Å². The standard InChI is InChI=1S/C28H31FN4O5/c1-27(2,3)28(4,37)17-38-24-15-22(32-33(24)23-8-6-5-7-21(23)29)26(36)31-20(14-25(34)35)13-18-9-11-19(16-30)12-10-18/h5-12,15,20,37H,13-14,17H2,1-4H3,(H,31,36)(H,34,35)/t20-,28-/m0/s1. The van der Waals surface area contributed by atoms with E-state index in [0.29, 0.717) is 5.56 Å². The van der Waals surface area contributed by atoms with Crippen molar-refractivity contribution in [3.05, 3.63) is 77.2 Å². The summed E-state index contributed by atoms with van der Waals surface area (Å²) >= 11 is 0. The van der Waals surface area contributed by atoms with E-state index in [1.165, 1.54) is 24.3 Å². The Balaban J connectivity index is 1.89. The number of benzene rings is 2. The number of carboxylic acids is 1.